The summed E-state index contributed by atoms with van der Waals surface area (Å²) >= 11 is 1.08. The number of carbonyl (C=O) groups is 2. The number of aryl methyl sites for hydroxylation is 1. The molecule has 1 aromatic heterocycles. The molecular weight excluding hydrogens is 230 g/mol. The van der Waals surface area contributed by atoms with Gasteiger partial charge in [0.15, 0.2) is 0 Å². The van der Waals surface area contributed by atoms with Crippen molar-refractivity contribution in [3.8, 4) is 0 Å². The number of aromatic nitrogens is 1. The standard InChI is InChI=1S/C10H11NO4S/c1-6-9(10(13)14)16-7(11-6)4-3-5-8(12)15-2/h3-4H,5H2,1-2H3,(H,13,14). The quantitative estimate of drug-likeness (QED) is 0.812. The van der Waals surface area contributed by atoms with Crippen molar-refractivity contribution in [2.24, 2.45) is 0 Å². The second-order valence-corrected chi connectivity index (χ2v) is 3.99. The molecular formula is C10H11NO4S. The molecule has 0 radical (unpaired) electrons. The topological polar surface area (TPSA) is 76.5 Å². The Balaban J connectivity index is 2.71. The van der Waals surface area contributed by atoms with Crippen LogP contribution in [0.4, 0.5) is 0 Å². The summed E-state index contributed by atoms with van der Waals surface area (Å²) < 4.78 is 4.45. The number of carbonyl (C=O) groups excluding carboxylic acids is 1. The molecule has 1 rings (SSSR count). The molecule has 0 amide bonds. The Bertz CT molecular complexity index is 436. The van der Waals surface area contributed by atoms with Crippen LogP contribution >= 0.6 is 11.3 Å². The first kappa shape index (κ1) is 12.4. The Morgan fingerprint density at radius 3 is 2.75 bits per heavy atom. The van der Waals surface area contributed by atoms with Gasteiger partial charge in [-0.05, 0) is 13.0 Å². The van der Waals surface area contributed by atoms with E-state index in [4.69, 9.17) is 5.11 Å². The van der Waals surface area contributed by atoms with Gasteiger partial charge in [0.25, 0.3) is 0 Å². The first-order valence-electron chi connectivity index (χ1n) is 4.48. The minimum absolute atomic E-state index is 0.150. The molecule has 1 aromatic rings. The number of carboxylic acid groups (broad SMARTS) is 1. The second-order valence-electron chi connectivity index (χ2n) is 2.95. The number of esters is 1. The van der Waals surface area contributed by atoms with Crippen LogP contribution in [0.1, 0.15) is 26.8 Å². The maximum absolute atomic E-state index is 10.8. The van der Waals surface area contributed by atoms with Gasteiger partial charge in [0.1, 0.15) is 9.88 Å². The average Bonchev–Trinajstić information content (AvgIpc) is 2.59. The number of ether oxygens (including phenoxy) is 1. The SMILES string of the molecule is COC(=O)CC=Cc1nc(C)c(C(=O)O)s1. The zero-order chi connectivity index (χ0) is 12.1. The van der Waals surface area contributed by atoms with Crippen LogP contribution in [0.5, 0.6) is 0 Å². The Hall–Kier alpha value is -1.69. The summed E-state index contributed by atoms with van der Waals surface area (Å²) in [6.45, 7) is 1.64. The summed E-state index contributed by atoms with van der Waals surface area (Å²) in [5.41, 5.74) is 0.482. The predicted octanol–water partition coefficient (Wildman–Crippen LogP) is 1.73. The molecule has 0 unspecified atom stereocenters. The maximum Gasteiger partial charge on any atom is 0.347 e. The second kappa shape index (κ2) is 5.41. The van der Waals surface area contributed by atoms with Gasteiger partial charge >= 0.3 is 11.9 Å². The number of methoxy groups -OCH3 is 1. The van der Waals surface area contributed by atoms with E-state index in [9.17, 15) is 9.59 Å². The summed E-state index contributed by atoms with van der Waals surface area (Å²) in [4.78, 5) is 25.8. The molecule has 0 fully saturated rings. The molecule has 6 heteroatoms. The van der Waals surface area contributed by atoms with Crippen molar-refractivity contribution in [2.45, 2.75) is 13.3 Å². The highest BCUT2D eigenvalue weighted by molar-refractivity contribution is 7.14. The van der Waals surface area contributed by atoms with Crippen LogP contribution in [-0.2, 0) is 9.53 Å². The van der Waals surface area contributed by atoms with Crippen molar-refractivity contribution >= 4 is 29.4 Å². The molecule has 1 heterocycles. The summed E-state index contributed by atoms with van der Waals surface area (Å²) in [7, 11) is 1.31. The van der Waals surface area contributed by atoms with E-state index >= 15 is 0 Å². The van der Waals surface area contributed by atoms with E-state index < -0.39 is 5.97 Å². The molecule has 0 bridgehead atoms. The fourth-order valence-electron chi connectivity index (χ4n) is 1.03. The Morgan fingerprint density at radius 2 is 2.25 bits per heavy atom. The zero-order valence-corrected chi connectivity index (χ0v) is 9.71. The fourth-order valence-corrected chi connectivity index (χ4v) is 1.86. The number of hydrogen-bond acceptors (Lipinski definition) is 5. The molecule has 0 aliphatic rings. The summed E-state index contributed by atoms with van der Waals surface area (Å²) in [5.74, 6) is -1.33. The lowest BCUT2D eigenvalue weighted by Gasteiger charge is -1.90. The van der Waals surface area contributed by atoms with Crippen molar-refractivity contribution in [1.29, 1.82) is 0 Å². The van der Waals surface area contributed by atoms with Crippen LogP contribution < -0.4 is 0 Å². The monoisotopic (exact) mass is 241 g/mol. The third-order valence-electron chi connectivity index (χ3n) is 1.78. The molecule has 0 aliphatic carbocycles. The van der Waals surface area contributed by atoms with Crippen LogP contribution in [0.25, 0.3) is 6.08 Å². The van der Waals surface area contributed by atoms with E-state index in [0.29, 0.717) is 10.7 Å². The van der Waals surface area contributed by atoms with Gasteiger partial charge in [0.05, 0.1) is 19.2 Å². The average molecular weight is 241 g/mol. The van der Waals surface area contributed by atoms with Gasteiger partial charge in [-0.3, -0.25) is 4.79 Å². The van der Waals surface area contributed by atoms with Gasteiger partial charge in [-0.2, -0.15) is 0 Å². The Kier molecular flexibility index (Phi) is 4.19. The molecule has 0 atom stereocenters. The van der Waals surface area contributed by atoms with Gasteiger partial charge in [-0.25, -0.2) is 9.78 Å². The summed E-state index contributed by atoms with van der Waals surface area (Å²) in [6.07, 6.45) is 3.36. The highest BCUT2D eigenvalue weighted by Gasteiger charge is 2.12. The van der Waals surface area contributed by atoms with Crippen molar-refractivity contribution in [2.75, 3.05) is 7.11 Å². The summed E-state index contributed by atoms with van der Waals surface area (Å²) in [6, 6.07) is 0. The highest BCUT2D eigenvalue weighted by Crippen LogP contribution is 2.19. The predicted molar refractivity (Wildman–Crippen MR) is 59.5 cm³/mol. The molecule has 0 saturated carbocycles. The molecule has 16 heavy (non-hydrogen) atoms. The maximum atomic E-state index is 10.8. The lowest BCUT2D eigenvalue weighted by Crippen LogP contribution is -1.96. The van der Waals surface area contributed by atoms with Crippen molar-refractivity contribution < 1.29 is 19.4 Å². The van der Waals surface area contributed by atoms with Gasteiger partial charge in [0.2, 0.25) is 0 Å². The van der Waals surface area contributed by atoms with Crippen LogP contribution in [0.3, 0.4) is 0 Å². The van der Waals surface area contributed by atoms with E-state index in [0.717, 1.165) is 11.3 Å². The van der Waals surface area contributed by atoms with E-state index in [1.807, 2.05) is 0 Å². The van der Waals surface area contributed by atoms with Crippen LogP contribution in [0.15, 0.2) is 6.08 Å². The molecule has 0 aliphatic heterocycles. The third-order valence-corrected chi connectivity index (χ3v) is 2.89. The molecule has 5 nitrogen and oxygen atoms in total. The molecule has 0 saturated heterocycles. The Labute approximate surface area is 96.4 Å². The van der Waals surface area contributed by atoms with Gasteiger partial charge in [-0.15, -0.1) is 11.3 Å². The first-order chi connectivity index (χ1) is 7.54. The lowest BCUT2D eigenvalue weighted by atomic mass is 10.4. The largest absolute Gasteiger partial charge is 0.477 e. The normalized spacial score (nSPS) is 10.6. The van der Waals surface area contributed by atoms with Crippen molar-refractivity contribution in [1.82, 2.24) is 4.98 Å². The van der Waals surface area contributed by atoms with Gasteiger partial charge in [0, 0.05) is 0 Å². The Morgan fingerprint density at radius 1 is 1.56 bits per heavy atom. The van der Waals surface area contributed by atoms with Gasteiger partial charge < -0.3 is 9.84 Å². The lowest BCUT2D eigenvalue weighted by molar-refractivity contribution is -0.139. The minimum atomic E-state index is -0.984. The van der Waals surface area contributed by atoms with E-state index in [1.54, 1.807) is 19.1 Å². The minimum Gasteiger partial charge on any atom is -0.477 e. The van der Waals surface area contributed by atoms with Crippen LogP contribution in [0, 0.1) is 6.92 Å². The summed E-state index contributed by atoms with van der Waals surface area (Å²) in [5, 5.41) is 9.37. The molecule has 0 aromatic carbocycles. The third kappa shape index (κ3) is 3.16. The van der Waals surface area contributed by atoms with E-state index in [2.05, 4.69) is 9.72 Å². The van der Waals surface area contributed by atoms with Gasteiger partial charge in [-0.1, -0.05) is 6.08 Å². The van der Waals surface area contributed by atoms with Crippen molar-refractivity contribution in [3.05, 3.63) is 21.7 Å². The number of rotatable bonds is 4. The number of hydrogen-bond donors (Lipinski definition) is 1. The fraction of sp³-hybridized carbons (Fsp3) is 0.300. The van der Waals surface area contributed by atoms with E-state index in [1.165, 1.54) is 7.11 Å². The number of thiazole rings is 1. The number of carboxylic acids is 1. The molecule has 86 valence electrons. The van der Waals surface area contributed by atoms with Crippen molar-refractivity contribution in [3.63, 3.8) is 0 Å². The van der Waals surface area contributed by atoms with Crippen LogP contribution in [-0.4, -0.2) is 29.1 Å². The first-order valence-corrected chi connectivity index (χ1v) is 5.30. The zero-order valence-electron chi connectivity index (χ0n) is 8.89. The number of aromatic carboxylic acids is 1. The van der Waals surface area contributed by atoms with Crippen LogP contribution in [0.2, 0.25) is 0 Å². The smallest absolute Gasteiger partial charge is 0.347 e. The highest BCUT2D eigenvalue weighted by atomic mass is 32.1. The molecule has 1 N–H and O–H groups in total. The molecule has 0 spiro atoms. The van der Waals surface area contributed by atoms with E-state index in [-0.39, 0.29) is 17.3 Å². The number of nitrogens with zero attached hydrogens (tertiary/aromatic N) is 1.